The molecule has 0 unspecified atom stereocenters. The van der Waals surface area contributed by atoms with Crippen molar-refractivity contribution in [3.63, 3.8) is 0 Å². The number of carbonyl (C=O) groups excluding carboxylic acids is 1. The molecule has 0 atom stereocenters. The van der Waals surface area contributed by atoms with E-state index < -0.39 is 0 Å². The fourth-order valence-electron chi connectivity index (χ4n) is 2.53. The summed E-state index contributed by atoms with van der Waals surface area (Å²) in [5.41, 5.74) is 2.15. The number of halogens is 2. The average Bonchev–Trinajstić information content (AvgIpc) is 3.16. The number of thiophene rings is 1. The Balaban J connectivity index is 0.00000243. The van der Waals surface area contributed by atoms with Crippen molar-refractivity contribution in [2.45, 2.75) is 13.3 Å². The number of hydrogen-bond acceptors (Lipinski definition) is 5. The molecule has 26 heavy (non-hydrogen) atoms. The minimum Gasteiger partial charge on any atom is -0.309 e. The largest absolute Gasteiger partial charge is 0.309 e. The van der Waals surface area contributed by atoms with Crippen LogP contribution in [-0.2, 0) is 0 Å². The van der Waals surface area contributed by atoms with E-state index in [0.717, 1.165) is 37.0 Å². The summed E-state index contributed by atoms with van der Waals surface area (Å²) in [5.74, 6) is 0.0187. The van der Waals surface area contributed by atoms with Crippen LogP contribution in [0.25, 0.3) is 10.2 Å². The molecule has 2 heterocycles. The van der Waals surface area contributed by atoms with Crippen LogP contribution in [0.15, 0.2) is 34.1 Å². The van der Waals surface area contributed by atoms with Gasteiger partial charge in [0.25, 0.3) is 5.91 Å². The number of hydrogen-bond donors (Lipinski definition) is 0. The van der Waals surface area contributed by atoms with Gasteiger partial charge in [0.15, 0.2) is 5.13 Å². The Hall–Kier alpha value is -0.990. The summed E-state index contributed by atoms with van der Waals surface area (Å²) in [6.45, 7) is 3.66. The summed E-state index contributed by atoms with van der Waals surface area (Å²) < 4.78 is 2.08. The summed E-state index contributed by atoms with van der Waals surface area (Å²) in [6.07, 6.45) is 0.903. The SMILES string of the molecule is Cc1ccc2nc(N(CCCN(C)C)C(=O)c3ccc(Br)s3)sc2c1.Cl. The van der Waals surface area contributed by atoms with Crippen molar-refractivity contribution < 1.29 is 4.79 Å². The summed E-state index contributed by atoms with van der Waals surface area (Å²) >= 11 is 6.48. The molecule has 8 heteroatoms. The lowest BCUT2D eigenvalue weighted by molar-refractivity contribution is 0.0990. The second-order valence-electron chi connectivity index (χ2n) is 6.18. The summed E-state index contributed by atoms with van der Waals surface area (Å²) in [4.78, 5) is 22.4. The van der Waals surface area contributed by atoms with Crippen molar-refractivity contribution in [3.05, 3.63) is 44.6 Å². The minimum absolute atomic E-state index is 0. The van der Waals surface area contributed by atoms with Crippen LogP contribution in [0.5, 0.6) is 0 Å². The predicted molar refractivity (Wildman–Crippen MR) is 118 cm³/mol. The maximum absolute atomic E-state index is 13.0. The first kappa shape index (κ1) is 21.3. The van der Waals surface area contributed by atoms with Crippen molar-refractivity contribution in [1.29, 1.82) is 0 Å². The van der Waals surface area contributed by atoms with Crippen molar-refractivity contribution in [2.75, 3.05) is 32.1 Å². The van der Waals surface area contributed by atoms with Crippen molar-refractivity contribution in [1.82, 2.24) is 9.88 Å². The quantitative estimate of drug-likeness (QED) is 0.477. The number of benzene rings is 1. The highest BCUT2D eigenvalue weighted by molar-refractivity contribution is 9.11. The number of anilines is 1. The molecule has 3 aromatic rings. The van der Waals surface area contributed by atoms with Crippen LogP contribution in [0.3, 0.4) is 0 Å². The van der Waals surface area contributed by atoms with Crippen LogP contribution in [0.2, 0.25) is 0 Å². The molecule has 0 saturated carbocycles. The van der Waals surface area contributed by atoms with Crippen LogP contribution < -0.4 is 4.90 Å². The van der Waals surface area contributed by atoms with E-state index in [2.05, 4.69) is 39.9 Å². The van der Waals surface area contributed by atoms with Gasteiger partial charge in [0.05, 0.1) is 18.9 Å². The number of thiazole rings is 1. The van der Waals surface area contributed by atoms with E-state index in [1.807, 2.05) is 37.2 Å². The lowest BCUT2D eigenvalue weighted by atomic mass is 10.2. The van der Waals surface area contributed by atoms with E-state index in [9.17, 15) is 4.79 Å². The Morgan fingerprint density at radius 3 is 2.58 bits per heavy atom. The Morgan fingerprint density at radius 1 is 1.15 bits per heavy atom. The van der Waals surface area contributed by atoms with Gasteiger partial charge >= 0.3 is 0 Å². The van der Waals surface area contributed by atoms with E-state index >= 15 is 0 Å². The van der Waals surface area contributed by atoms with E-state index in [1.54, 1.807) is 11.3 Å². The molecule has 1 aromatic carbocycles. The molecule has 2 aromatic heterocycles. The highest BCUT2D eigenvalue weighted by Gasteiger charge is 2.22. The molecule has 1 amide bonds. The van der Waals surface area contributed by atoms with Crippen molar-refractivity contribution in [2.24, 2.45) is 0 Å². The molecule has 0 saturated heterocycles. The molecular formula is C18H21BrClN3OS2. The second kappa shape index (κ2) is 9.28. The van der Waals surface area contributed by atoms with Crippen LogP contribution in [-0.4, -0.2) is 43.0 Å². The Bertz CT molecular complexity index is 894. The Morgan fingerprint density at radius 2 is 1.92 bits per heavy atom. The van der Waals surface area contributed by atoms with Crippen LogP contribution >= 0.6 is 51.0 Å². The van der Waals surface area contributed by atoms with E-state index in [0.29, 0.717) is 6.54 Å². The van der Waals surface area contributed by atoms with Gasteiger partial charge < -0.3 is 4.90 Å². The van der Waals surface area contributed by atoms with Gasteiger partial charge in [-0.25, -0.2) is 4.98 Å². The zero-order valence-electron chi connectivity index (χ0n) is 14.9. The number of carbonyl (C=O) groups is 1. The summed E-state index contributed by atoms with van der Waals surface area (Å²) in [5, 5.41) is 0.772. The molecule has 0 aliphatic rings. The number of rotatable bonds is 6. The molecule has 0 fully saturated rings. The van der Waals surface area contributed by atoms with Gasteiger partial charge in [-0.2, -0.15) is 0 Å². The van der Waals surface area contributed by atoms with E-state index in [4.69, 9.17) is 4.98 Å². The Labute approximate surface area is 176 Å². The van der Waals surface area contributed by atoms with E-state index in [1.165, 1.54) is 16.9 Å². The first-order chi connectivity index (χ1) is 11.9. The lowest BCUT2D eigenvalue weighted by Gasteiger charge is -2.20. The van der Waals surface area contributed by atoms with Gasteiger partial charge in [-0.15, -0.1) is 23.7 Å². The summed E-state index contributed by atoms with van der Waals surface area (Å²) in [6, 6.07) is 9.99. The standard InChI is InChI=1S/C18H20BrN3OS2.ClH/c1-12-5-6-13-15(11-12)25-18(20-13)22(10-4-9-21(2)3)17(23)14-7-8-16(19)24-14;/h5-8,11H,4,9-10H2,1-3H3;1H. The zero-order chi connectivity index (χ0) is 18.0. The van der Waals surface area contributed by atoms with Crippen LogP contribution in [0, 0.1) is 6.92 Å². The smallest absolute Gasteiger partial charge is 0.270 e. The molecule has 3 rings (SSSR count). The monoisotopic (exact) mass is 473 g/mol. The van der Waals surface area contributed by atoms with Crippen molar-refractivity contribution in [3.8, 4) is 0 Å². The third-order valence-corrected chi connectivity index (χ3v) is 6.43. The molecule has 0 bridgehead atoms. The van der Waals surface area contributed by atoms with Gasteiger partial charge in [-0.3, -0.25) is 9.69 Å². The van der Waals surface area contributed by atoms with Crippen molar-refractivity contribution >= 4 is 72.3 Å². The van der Waals surface area contributed by atoms with Crippen LogP contribution in [0.4, 0.5) is 5.13 Å². The van der Waals surface area contributed by atoms with E-state index in [-0.39, 0.29) is 18.3 Å². The van der Waals surface area contributed by atoms with Gasteiger partial charge in [0.2, 0.25) is 0 Å². The number of aryl methyl sites for hydroxylation is 1. The number of fused-ring (bicyclic) bond motifs is 1. The fourth-order valence-corrected chi connectivity index (χ4v) is 4.95. The topological polar surface area (TPSA) is 36.4 Å². The third-order valence-electron chi connectivity index (χ3n) is 3.78. The average molecular weight is 475 g/mol. The summed E-state index contributed by atoms with van der Waals surface area (Å²) in [7, 11) is 4.09. The van der Waals surface area contributed by atoms with Gasteiger partial charge in [-0.1, -0.05) is 17.4 Å². The highest BCUT2D eigenvalue weighted by atomic mass is 79.9. The molecular weight excluding hydrogens is 454 g/mol. The van der Waals surface area contributed by atoms with Gasteiger partial charge in [0, 0.05) is 6.54 Å². The fraction of sp³-hybridized carbons (Fsp3) is 0.333. The van der Waals surface area contributed by atoms with Crippen LogP contribution in [0.1, 0.15) is 21.7 Å². The number of aromatic nitrogens is 1. The molecule has 0 aliphatic carbocycles. The molecule has 0 radical (unpaired) electrons. The minimum atomic E-state index is 0. The maximum atomic E-state index is 13.0. The normalized spacial score (nSPS) is 11.0. The molecule has 140 valence electrons. The highest BCUT2D eigenvalue weighted by Crippen LogP contribution is 2.32. The Kier molecular flexibility index (Phi) is 7.61. The number of amides is 1. The number of nitrogens with zero attached hydrogens (tertiary/aromatic N) is 3. The predicted octanol–water partition coefficient (Wildman–Crippen LogP) is 5.45. The molecule has 4 nitrogen and oxygen atoms in total. The maximum Gasteiger partial charge on any atom is 0.270 e. The third kappa shape index (κ3) is 5.04. The molecule has 0 spiro atoms. The first-order valence-corrected chi connectivity index (χ1v) is 10.5. The van der Waals surface area contributed by atoms with Gasteiger partial charge in [-0.05, 0) is 79.7 Å². The molecule has 0 N–H and O–H groups in total. The van der Waals surface area contributed by atoms with Gasteiger partial charge in [0.1, 0.15) is 0 Å². The first-order valence-electron chi connectivity index (χ1n) is 8.03. The zero-order valence-corrected chi connectivity index (χ0v) is 18.9. The molecule has 0 aliphatic heterocycles. The second-order valence-corrected chi connectivity index (χ2v) is 9.66. The lowest BCUT2D eigenvalue weighted by Crippen LogP contribution is -2.32.